The highest BCUT2D eigenvalue weighted by Crippen LogP contribution is 2.32. The Morgan fingerprint density at radius 2 is 2.12 bits per heavy atom. The number of aliphatic imine (C=N–C) groups is 1. The van der Waals surface area contributed by atoms with Gasteiger partial charge in [0.25, 0.3) is 5.91 Å². The fourth-order valence-electron chi connectivity index (χ4n) is 2.16. The first kappa shape index (κ1) is 19.3. The number of nitrogens with one attached hydrogen (secondary N) is 2. The molecular formula is C18H22FN5O2. The number of rotatable bonds is 7. The molecule has 1 amide bonds. The van der Waals surface area contributed by atoms with Gasteiger partial charge in [-0.15, -0.1) is 0 Å². The van der Waals surface area contributed by atoms with Gasteiger partial charge in [0.2, 0.25) is 0 Å². The Kier molecular flexibility index (Phi) is 6.60. The third-order valence-corrected chi connectivity index (χ3v) is 3.64. The lowest BCUT2D eigenvalue weighted by Gasteiger charge is -2.12. The number of aryl methyl sites for hydroxylation is 1. The number of halogens is 1. The number of benzene rings is 1. The van der Waals surface area contributed by atoms with E-state index in [4.69, 9.17) is 0 Å². The van der Waals surface area contributed by atoms with Gasteiger partial charge in [0.1, 0.15) is 29.3 Å². The SMILES string of the molecule is CCCCNC(=O)/C(C)=N/c1c(C)ncnc1Nc1ccc(F)cc1O. The zero-order valence-corrected chi connectivity index (χ0v) is 15.0. The molecule has 0 aliphatic rings. The lowest BCUT2D eigenvalue weighted by molar-refractivity contribution is -0.114. The van der Waals surface area contributed by atoms with Crippen LogP contribution < -0.4 is 10.6 Å². The van der Waals surface area contributed by atoms with E-state index < -0.39 is 5.82 Å². The fourth-order valence-corrected chi connectivity index (χ4v) is 2.16. The second-order valence-corrected chi connectivity index (χ2v) is 5.75. The number of aromatic hydroxyl groups is 1. The molecular weight excluding hydrogens is 337 g/mol. The van der Waals surface area contributed by atoms with Crippen molar-refractivity contribution in [3.05, 3.63) is 36.0 Å². The van der Waals surface area contributed by atoms with Crippen molar-refractivity contribution in [1.82, 2.24) is 15.3 Å². The highest BCUT2D eigenvalue weighted by molar-refractivity contribution is 6.38. The second kappa shape index (κ2) is 8.89. The number of hydrogen-bond donors (Lipinski definition) is 3. The van der Waals surface area contributed by atoms with Crippen LogP contribution in [0, 0.1) is 12.7 Å². The third kappa shape index (κ3) is 4.98. The van der Waals surface area contributed by atoms with E-state index in [0.29, 0.717) is 23.7 Å². The van der Waals surface area contributed by atoms with Crippen LogP contribution >= 0.6 is 0 Å². The van der Waals surface area contributed by atoms with E-state index >= 15 is 0 Å². The summed E-state index contributed by atoms with van der Waals surface area (Å²) < 4.78 is 13.1. The molecule has 0 aliphatic carbocycles. The summed E-state index contributed by atoms with van der Waals surface area (Å²) in [5.74, 6) is -0.771. The first-order valence-electron chi connectivity index (χ1n) is 8.33. The topological polar surface area (TPSA) is 99.5 Å². The minimum absolute atomic E-state index is 0.259. The van der Waals surface area contributed by atoms with Crippen molar-refractivity contribution < 1.29 is 14.3 Å². The Morgan fingerprint density at radius 1 is 1.35 bits per heavy atom. The number of aromatic nitrogens is 2. The normalized spacial score (nSPS) is 11.3. The average molecular weight is 359 g/mol. The quantitative estimate of drug-likeness (QED) is 0.400. The van der Waals surface area contributed by atoms with Crippen molar-refractivity contribution in [1.29, 1.82) is 0 Å². The van der Waals surface area contributed by atoms with Gasteiger partial charge in [-0.3, -0.25) is 4.79 Å². The standard InChI is InChI=1S/C18H22FN5O2/c1-4-5-8-20-18(26)12(3)23-16-11(2)21-10-22-17(16)24-14-7-6-13(19)9-15(14)25/h6-7,9-10,25H,4-5,8H2,1-3H3,(H,20,26)(H,21,22,24)/b23-12+. The zero-order valence-electron chi connectivity index (χ0n) is 15.0. The molecule has 0 aliphatic heterocycles. The summed E-state index contributed by atoms with van der Waals surface area (Å²) in [5, 5.41) is 15.6. The van der Waals surface area contributed by atoms with E-state index in [-0.39, 0.29) is 23.1 Å². The maximum Gasteiger partial charge on any atom is 0.265 e. The molecule has 1 aromatic heterocycles. The monoisotopic (exact) mass is 359 g/mol. The number of carbonyl (C=O) groups excluding carboxylic acids is 1. The molecule has 3 N–H and O–H groups in total. The maximum atomic E-state index is 13.1. The van der Waals surface area contributed by atoms with Crippen LogP contribution in [0.15, 0.2) is 29.5 Å². The molecule has 0 saturated heterocycles. The summed E-state index contributed by atoms with van der Waals surface area (Å²) in [5.41, 5.74) is 1.47. The molecule has 0 saturated carbocycles. The zero-order chi connectivity index (χ0) is 19.1. The van der Waals surface area contributed by atoms with Crippen LogP contribution in [0.25, 0.3) is 0 Å². The average Bonchev–Trinajstić information content (AvgIpc) is 2.60. The molecule has 1 aromatic carbocycles. The molecule has 26 heavy (non-hydrogen) atoms. The van der Waals surface area contributed by atoms with Gasteiger partial charge in [0, 0.05) is 12.6 Å². The Hall–Kier alpha value is -3.03. The van der Waals surface area contributed by atoms with Gasteiger partial charge in [-0.25, -0.2) is 19.4 Å². The van der Waals surface area contributed by atoms with Gasteiger partial charge in [0.05, 0.1) is 11.4 Å². The molecule has 138 valence electrons. The highest BCUT2D eigenvalue weighted by atomic mass is 19.1. The van der Waals surface area contributed by atoms with Crippen LogP contribution in [-0.2, 0) is 4.79 Å². The van der Waals surface area contributed by atoms with E-state index in [2.05, 4.69) is 25.6 Å². The maximum absolute atomic E-state index is 13.1. The van der Waals surface area contributed by atoms with E-state index in [1.165, 1.54) is 18.5 Å². The summed E-state index contributed by atoms with van der Waals surface area (Å²) in [7, 11) is 0. The lowest BCUT2D eigenvalue weighted by Crippen LogP contribution is -2.30. The van der Waals surface area contributed by atoms with Gasteiger partial charge in [-0.05, 0) is 32.4 Å². The largest absolute Gasteiger partial charge is 0.506 e. The number of phenolic OH excluding ortho intramolecular Hbond substituents is 1. The third-order valence-electron chi connectivity index (χ3n) is 3.64. The number of hydrogen-bond acceptors (Lipinski definition) is 6. The molecule has 8 heteroatoms. The van der Waals surface area contributed by atoms with Crippen LogP contribution in [0.3, 0.4) is 0 Å². The molecule has 7 nitrogen and oxygen atoms in total. The van der Waals surface area contributed by atoms with Crippen LogP contribution in [0.4, 0.5) is 21.6 Å². The fraction of sp³-hybridized carbons (Fsp3) is 0.333. The summed E-state index contributed by atoms with van der Waals surface area (Å²) >= 11 is 0. The van der Waals surface area contributed by atoms with Crippen molar-refractivity contribution in [2.24, 2.45) is 4.99 Å². The molecule has 0 spiro atoms. The molecule has 0 atom stereocenters. The Morgan fingerprint density at radius 3 is 2.81 bits per heavy atom. The van der Waals surface area contributed by atoms with Crippen molar-refractivity contribution in [3.63, 3.8) is 0 Å². The molecule has 0 unspecified atom stereocenters. The van der Waals surface area contributed by atoms with Crippen molar-refractivity contribution in [2.45, 2.75) is 33.6 Å². The van der Waals surface area contributed by atoms with Crippen LogP contribution in [0.5, 0.6) is 5.75 Å². The van der Waals surface area contributed by atoms with Crippen LogP contribution in [-0.4, -0.2) is 33.2 Å². The first-order chi connectivity index (χ1) is 12.4. The van der Waals surface area contributed by atoms with Gasteiger partial charge in [-0.1, -0.05) is 13.3 Å². The Bertz CT molecular complexity index is 823. The smallest absolute Gasteiger partial charge is 0.265 e. The Labute approximate surface area is 151 Å². The van der Waals surface area contributed by atoms with Crippen molar-refractivity contribution in [2.75, 3.05) is 11.9 Å². The lowest BCUT2D eigenvalue weighted by atomic mass is 10.2. The number of anilines is 2. The van der Waals surface area contributed by atoms with Gasteiger partial charge < -0.3 is 15.7 Å². The van der Waals surface area contributed by atoms with Gasteiger partial charge in [-0.2, -0.15) is 0 Å². The predicted molar refractivity (Wildman–Crippen MR) is 98.8 cm³/mol. The van der Waals surface area contributed by atoms with Crippen molar-refractivity contribution in [3.8, 4) is 5.75 Å². The second-order valence-electron chi connectivity index (χ2n) is 5.75. The minimum Gasteiger partial charge on any atom is -0.506 e. The number of unbranched alkanes of at least 4 members (excludes halogenated alkanes) is 1. The number of carbonyl (C=O) groups is 1. The highest BCUT2D eigenvalue weighted by Gasteiger charge is 2.13. The van der Waals surface area contributed by atoms with Crippen LogP contribution in [0.2, 0.25) is 0 Å². The summed E-state index contributed by atoms with van der Waals surface area (Å²) in [6.45, 7) is 5.97. The number of amides is 1. The summed E-state index contributed by atoms with van der Waals surface area (Å²) in [6, 6.07) is 3.59. The number of nitrogens with zero attached hydrogens (tertiary/aromatic N) is 3. The first-order valence-corrected chi connectivity index (χ1v) is 8.33. The van der Waals surface area contributed by atoms with Gasteiger partial charge >= 0.3 is 0 Å². The van der Waals surface area contributed by atoms with E-state index in [0.717, 1.165) is 18.9 Å². The van der Waals surface area contributed by atoms with E-state index in [1.807, 2.05) is 6.92 Å². The molecule has 2 aromatic rings. The minimum atomic E-state index is -0.551. The van der Waals surface area contributed by atoms with E-state index in [1.54, 1.807) is 13.8 Å². The van der Waals surface area contributed by atoms with Gasteiger partial charge in [0.15, 0.2) is 5.82 Å². The summed E-state index contributed by atoms with van der Waals surface area (Å²) in [6.07, 6.45) is 3.22. The summed E-state index contributed by atoms with van der Waals surface area (Å²) in [4.78, 5) is 24.7. The molecule has 0 bridgehead atoms. The predicted octanol–water partition coefficient (Wildman–Crippen LogP) is 3.38. The van der Waals surface area contributed by atoms with Crippen molar-refractivity contribution >= 4 is 28.8 Å². The molecule has 0 fully saturated rings. The molecule has 0 radical (unpaired) electrons. The molecule has 2 rings (SSSR count). The Balaban J connectivity index is 2.28. The number of phenols is 1. The van der Waals surface area contributed by atoms with Crippen LogP contribution in [0.1, 0.15) is 32.4 Å². The molecule has 1 heterocycles. The van der Waals surface area contributed by atoms with E-state index in [9.17, 15) is 14.3 Å².